The highest BCUT2D eigenvalue weighted by atomic mass is 19.1. The number of hydrogen-bond donors (Lipinski definition) is 0. The predicted molar refractivity (Wildman–Crippen MR) is 98.5 cm³/mol. The number of pyridine rings is 1. The molecule has 0 atom stereocenters. The molecule has 0 fully saturated rings. The smallest absolute Gasteiger partial charge is 0.276 e. The highest BCUT2D eigenvalue weighted by Gasteiger charge is 2.31. The number of nitrogens with zero attached hydrogens (tertiary/aromatic N) is 2. The average Bonchev–Trinajstić information content (AvgIpc) is 3.00. The van der Waals surface area contributed by atoms with Crippen molar-refractivity contribution in [3.8, 4) is 23.2 Å². The molecule has 0 aliphatic heterocycles. The van der Waals surface area contributed by atoms with E-state index in [9.17, 15) is 9.18 Å². The molecule has 0 saturated carbocycles. The Morgan fingerprint density at radius 1 is 1.04 bits per heavy atom. The summed E-state index contributed by atoms with van der Waals surface area (Å²) in [4.78, 5) is 20.5. The number of hydrogen-bond acceptors (Lipinski definition) is 4. The van der Waals surface area contributed by atoms with Gasteiger partial charge in [0.05, 0.1) is 5.69 Å². The van der Waals surface area contributed by atoms with Gasteiger partial charge in [0.1, 0.15) is 5.69 Å². The van der Waals surface area contributed by atoms with Gasteiger partial charge in [0.15, 0.2) is 11.5 Å². The second-order valence-electron chi connectivity index (χ2n) is 7.39. The largest absolute Gasteiger partial charge is 0.427 e. The van der Waals surface area contributed by atoms with E-state index in [4.69, 9.17) is 4.42 Å². The summed E-state index contributed by atoms with van der Waals surface area (Å²) in [7, 11) is 0. The zero-order valence-corrected chi connectivity index (χ0v) is 15.0. The summed E-state index contributed by atoms with van der Waals surface area (Å²) < 4.78 is 19.5. The van der Waals surface area contributed by atoms with Crippen LogP contribution in [0, 0.1) is 23.2 Å². The summed E-state index contributed by atoms with van der Waals surface area (Å²) in [6, 6.07) is 12.4. The Hall–Kier alpha value is -3.26. The van der Waals surface area contributed by atoms with Crippen molar-refractivity contribution in [2.75, 3.05) is 0 Å². The van der Waals surface area contributed by atoms with Crippen molar-refractivity contribution in [2.45, 2.75) is 26.7 Å². The Balaban J connectivity index is 1.64. The van der Waals surface area contributed by atoms with Crippen molar-refractivity contribution < 1.29 is 13.6 Å². The average molecular weight is 360 g/mol. The van der Waals surface area contributed by atoms with Crippen LogP contribution in [0.25, 0.3) is 11.3 Å². The predicted octanol–water partition coefficient (Wildman–Crippen LogP) is 4.43. The SMILES string of the molecule is CC1(C)CC(=O)c2ccc(C#Cc3nc(F)c(-c4ccccc4)o3)nc2C1. The molecule has 0 amide bonds. The van der Waals surface area contributed by atoms with Gasteiger partial charge in [-0.15, -0.1) is 0 Å². The van der Waals surface area contributed by atoms with E-state index in [2.05, 4.69) is 35.7 Å². The maximum Gasteiger partial charge on any atom is 0.276 e. The molecule has 1 aliphatic carbocycles. The lowest BCUT2D eigenvalue weighted by molar-refractivity contribution is 0.0910. The summed E-state index contributed by atoms with van der Waals surface area (Å²) in [6.07, 6.45) is 1.24. The Bertz CT molecular complexity index is 1090. The number of oxazole rings is 1. The first-order chi connectivity index (χ1) is 12.9. The van der Waals surface area contributed by atoms with Gasteiger partial charge in [0.25, 0.3) is 11.8 Å². The molecule has 1 aliphatic rings. The van der Waals surface area contributed by atoms with E-state index in [1.807, 2.05) is 6.07 Å². The molecule has 4 rings (SSSR count). The summed E-state index contributed by atoms with van der Waals surface area (Å²) in [5.74, 6) is 5.02. The Labute approximate surface area is 156 Å². The van der Waals surface area contributed by atoms with Crippen molar-refractivity contribution in [1.82, 2.24) is 9.97 Å². The first kappa shape index (κ1) is 17.2. The molecule has 27 heavy (non-hydrogen) atoms. The van der Waals surface area contributed by atoms with E-state index in [0.717, 1.165) is 12.1 Å². The van der Waals surface area contributed by atoms with E-state index < -0.39 is 5.95 Å². The quantitative estimate of drug-likeness (QED) is 0.603. The van der Waals surface area contributed by atoms with Gasteiger partial charge in [0, 0.05) is 17.5 Å². The van der Waals surface area contributed by atoms with E-state index in [-0.39, 0.29) is 22.8 Å². The third kappa shape index (κ3) is 3.52. The molecule has 0 unspecified atom stereocenters. The van der Waals surface area contributed by atoms with Crippen molar-refractivity contribution >= 4 is 5.78 Å². The fraction of sp³-hybridized carbons (Fsp3) is 0.227. The van der Waals surface area contributed by atoms with E-state index in [1.54, 1.807) is 36.4 Å². The molecule has 0 bridgehead atoms. The number of rotatable bonds is 1. The van der Waals surface area contributed by atoms with Gasteiger partial charge in [-0.2, -0.15) is 9.37 Å². The van der Waals surface area contributed by atoms with Crippen LogP contribution in [0.2, 0.25) is 0 Å². The molecular formula is C22H17FN2O2. The molecule has 5 heteroatoms. The van der Waals surface area contributed by atoms with Crippen molar-refractivity contribution in [3.05, 3.63) is 71.3 Å². The number of ketones is 1. The molecule has 134 valence electrons. The standard InChI is InChI=1S/C22H17FN2O2/c1-22(2)12-17-16(18(26)13-22)10-8-15(24-17)9-11-19-25-21(23)20(27-19)14-6-4-3-5-7-14/h3-8,10H,12-13H2,1-2H3. The van der Waals surface area contributed by atoms with Crippen LogP contribution in [0.1, 0.15) is 47.9 Å². The number of fused-ring (bicyclic) bond motifs is 1. The maximum atomic E-state index is 14.0. The number of carbonyl (C=O) groups is 1. The second-order valence-corrected chi connectivity index (χ2v) is 7.39. The Morgan fingerprint density at radius 3 is 2.59 bits per heavy atom. The normalized spacial score (nSPS) is 15.0. The first-order valence-electron chi connectivity index (χ1n) is 8.68. The van der Waals surface area contributed by atoms with Crippen LogP contribution < -0.4 is 0 Å². The van der Waals surface area contributed by atoms with Crippen molar-refractivity contribution in [2.24, 2.45) is 5.41 Å². The van der Waals surface area contributed by atoms with Gasteiger partial charge in [-0.25, -0.2) is 4.98 Å². The monoisotopic (exact) mass is 360 g/mol. The van der Waals surface area contributed by atoms with Gasteiger partial charge in [-0.05, 0) is 35.8 Å². The van der Waals surface area contributed by atoms with Crippen LogP contribution in [0.5, 0.6) is 0 Å². The molecule has 0 saturated heterocycles. The number of aromatic nitrogens is 2. The molecule has 0 spiro atoms. The van der Waals surface area contributed by atoms with E-state index in [0.29, 0.717) is 23.2 Å². The van der Waals surface area contributed by atoms with Gasteiger partial charge >= 0.3 is 0 Å². The third-order valence-electron chi connectivity index (χ3n) is 4.48. The Kier molecular flexibility index (Phi) is 4.12. The van der Waals surface area contributed by atoms with Gasteiger partial charge in [-0.1, -0.05) is 44.2 Å². The Morgan fingerprint density at radius 2 is 1.81 bits per heavy atom. The topological polar surface area (TPSA) is 56.0 Å². The van der Waals surface area contributed by atoms with Crippen LogP contribution in [-0.2, 0) is 6.42 Å². The lowest BCUT2D eigenvalue weighted by atomic mass is 9.75. The summed E-state index contributed by atoms with van der Waals surface area (Å²) in [6.45, 7) is 4.10. The third-order valence-corrected chi connectivity index (χ3v) is 4.48. The van der Waals surface area contributed by atoms with E-state index >= 15 is 0 Å². The zero-order valence-electron chi connectivity index (χ0n) is 15.0. The van der Waals surface area contributed by atoms with Gasteiger partial charge < -0.3 is 4.42 Å². The first-order valence-corrected chi connectivity index (χ1v) is 8.68. The summed E-state index contributed by atoms with van der Waals surface area (Å²) in [5, 5.41) is 0. The van der Waals surface area contributed by atoms with Gasteiger partial charge in [-0.3, -0.25) is 4.79 Å². The van der Waals surface area contributed by atoms with Crippen LogP contribution in [0.15, 0.2) is 46.9 Å². The van der Waals surface area contributed by atoms with E-state index in [1.165, 1.54) is 0 Å². The number of benzene rings is 1. The number of Topliss-reactive ketones (excluding diaryl/α,β-unsaturated/α-hetero) is 1. The minimum atomic E-state index is -0.698. The van der Waals surface area contributed by atoms with Gasteiger partial charge in [0.2, 0.25) is 0 Å². The molecule has 0 N–H and O–H groups in total. The van der Waals surface area contributed by atoms with Crippen LogP contribution in [0.3, 0.4) is 0 Å². The molecule has 3 aromatic rings. The van der Waals surface area contributed by atoms with Crippen molar-refractivity contribution in [1.29, 1.82) is 0 Å². The van der Waals surface area contributed by atoms with Crippen LogP contribution in [0.4, 0.5) is 4.39 Å². The zero-order chi connectivity index (χ0) is 19.0. The molecule has 2 heterocycles. The highest BCUT2D eigenvalue weighted by Crippen LogP contribution is 2.33. The fourth-order valence-electron chi connectivity index (χ4n) is 3.25. The van der Waals surface area contributed by atoms with Crippen molar-refractivity contribution in [3.63, 3.8) is 0 Å². The van der Waals surface area contributed by atoms with Crippen LogP contribution in [-0.4, -0.2) is 15.8 Å². The molecule has 1 aromatic carbocycles. The molecule has 2 aromatic heterocycles. The minimum Gasteiger partial charge on any atom is -0.427 e. The lowest BCUT2D eigenvalue weighted by Crippen LogP contribution is -2.28. The fourth-order valence-corrected chi connectivity index (χ4v) is 3.25. The molecular weight excluding hydrogens is 343 g/mol. The molecule has 0 radical (unpaired) electrons. The maximum absolute atomic E-state index is 14.0. The number of halogens is 1. The summed E-state index contributed by atoms with van der Waals surface area (Å²) in [5.41, 5.74) is 2.40. The number of carbonyl (C=O) groups excluding carboxylic acids is 1. The summed E-state index contributed by atoms with van der Waals surface area (Å²) >= 11 is 0. The second kappa shape index (κ2) is 6.48. The van der Waals surface area contributed by atoms with Crippen LogP contribution >= 0.6 is 0 Å². The highest BCUT2D eigenvalue weighted by molar-refractivity contribution is 5.98. The minimum absolute atomic E-state index is 0.0118. The lowest BCUT2D eigenvalue weighted by Gasteiger charge is -2.29. The molecule has 4 nitrogen and oxygen atoms in total.